The average Bonchev–Trinajstić information content (AvgIpc) is 3.08. The van der Waals surface area contributed by atoms with Crippen LogP contribution < -0.4 is 4.74 Å². The lowest BCUT2D eigenvalue weighted by Gasteiger charge is -2.07. The molecular weight excluding hydrogens is 367 g/mol. The van der Waals surface area contributed by atoms with Crippen molar-refractivity contribution in [2.45, 2.75) is 6.42 Å². The third-order valence-corrected chi connectivity index (χ3v) is 4.50. The Balaban J connectivity index is 1.55. The van der Waals surface area contributed by atoms with Crippen LogP contribution in [0.15, 0.2) is 49.1 Å². The molecular formula is C20H15ClFN4O. The molecule has 0 bridgehead atoms. The Morgan fingerprint density at radius 3 is 2.85 bits per heavy atom. The maximum absolute atomic E-state index is 13.4. The van der Waals surface area contributed by atoms with Crippen molar-refractivity contribution in [3.05, 3.63) is 88.7 Å². The average molecular weight is 382 g/mol. The van der Waals surface area contributed by atoms with Crippen LogP contribution in [0.2, 0.25) is 5.02 Å². The molecule has 1 N–H and O–H groups in total. The number of hydrogen-bond acceptors (Lipinski definition) is 4. The zero-order chi connectivity index (χ0) is 18.8. The molecule has 27 heavy (non-hydrogen) atoms. The number of fused-ring (bicyclic) bond motifs is 1. The fraction of sp³-hybridized carbons (Fsp3) is 0.100. The van der Waals surface area contributed by atoms with Crippen LogP contribution in [0.1, 0.15) is 22.4 Å². The zero-order valence-corrected chi connectivity index (χ0v) is 15.2. The number of aromatic amines is 1. The largest absolute Gasteiger partial charge is 0.481 e. The van der Waals surface area contributed by atoms with Gasteiger partial charge >= 0.3 is 0 Å². The van der Waals surface area contributed by atoms with Crippen LogP contribution in [0, 0.1) is 12.2 Å². The normalized spacial score (nSPS) is 11.1. The number of nitrogens with one attached hydrogen (secondary N) is 1. The maximum atomic E-state index is 13.4. The molecule has 0 aliphatic heterocycles. The smallest absolute Gasteiger partial charge is 0.217 e. The SMILES string of the molecule is COc1ncc(F)cc1[CH]c1ccc(Cc2c[nH]c3nccc(Cl)c23)cn1. The minimum atomic E-state index is -0.427. The van der Waals surface area contributed by atoms with E-state index >= 15 is 0 Å². The number of nitrogens with zero attached hydrogens (tertiary/aromatic N) is 3. The molecule has 0 aromatic carbocycles. The summed E-state index contributed by atoms with van der Waals surface area (Å²) in [6.45, 7) is 0. The predicted octanol–water partition coefficient (Wildman–Crippen LogP) is 4.35. The predicted molar refractivity (Wildman–Crippen MR) is 101 cm³/mol. The van der Waals surface area contributed by atoms with Gasteiger partial charge < -0.3 is 9.72 Å². The number of ether oxygens (including phenoxy) is 1. The van der Waals surface area contributed by atoms with Gasteiger partial charge in [-0.3, -0.25) is 4.98 Å². The first kappa shape index (κ1) is 17.4. The van der Waals surface area contributed by atoms with E-state index in [4.69, 9.17) is 16.3 Å². The van der Waals surface area contributed by atoms with Gasteiger partial charge in [-0.05, 0) is 29.3 Å². The summed E-state index contributed by atoms with van der Waals surface area (Å²) in [6, 6.07) is 6.98. The van der Waals surface area contributed by atoms with Gasteiger partial charge in [0.05, 0.1) is 18.3 Å². The fourth-order valence-electron chi connectivity index (χ4n) is 2.94. The number of hydrogen-bond donors (Lipinski definition) is 1. The summed E-state index contributed by atoms with van der Waals surface area (Å²) in [5.74, 6) is -0.0771. The Hall–Kier alpha value is -2.99. The number of methoxy groups -OCH3 is 1. The number of H-pyrrole nitrogens is 1. The molecule has 0 spiro atoms. The third kappa shape index (κ3) is 3.61. The van der Waals surface area contributed by atoms with Gasteiger partial charge in [0.2, 0.25) is 5.88 Å². The van der Waals surface area contributed by atoms with Crippen molar-refractivity contribution in [1.29, 1.82) is 0 Å². The molecule has 0 atom stereocenters. The van der Waals surface area contributed by atoms with Crippen LogP contribution in [-0.4, -0.2) is 27.0 Å². The summed E-state index contributed by atoms with van der Waals surface area (Å²) in [4.78, 5) is 15.8. The first-order valence-corrected chi connectivity index (χ1v) is 8.61. The molecule has 4 rings (SSSR count). The van der Waals surface area contributed by atoms with E-state index < -0.39 is 5.82 Å². The molecule has 7 heteroatoms. The summed E-state index contributed by atoms with van der Waals surface area (Å²) >= 11 is 6.30. The summed E-state index contributed by atoms with van der Waals surface area (Å²) in [5, 5.41) is 1.59. The molecule has 0 saturated heterocycles. The van der Waals surface area contributed by atoms with Gasteiger partial charge in [0.1, 0.15) is 11.5 Å². The Kier molecular flexibility index (Phi) is 4.73. The van der Waals surface area contributed by atoms with Gasteiger partial charge in [0.25, 0.3) is 0 Å². The molecule has 5 nitrogen and oxygen atoms in total. The molecule has 0 aliphatic carbocycles. The highest BCUT2D eigenvalue weighted by molar-refractivity contribution is 6.35. The van der Waals surface area contributed by atoms with E-state index in [0.29, 0.717) is 28.6 Å². The van der Waals surface area contributed by atoms with Gasteiger partial charge in [-0.2, -0.15) is 0 Å². The van der Waals surface area contributed by atoms with E-state index in [2.05, 4.69) is 19.9 Å². The molecule has 4 heterocycles. The first-order valence-electron chi connectivity index (χ1n) is 8.23. The van der Waals surface area contributed by atoms with E-state index in [0.717, 1.165) is 28.4 Å². The lowest BCUT2D eigenvalue weighted by Crippen LogP contribution is -1.98. The molecule has 4 aromatic rings. The van der Waals surface area contributed by atoms with Crippen molar-refractivity contribution >= 4 is 22.6 Å². The Morgan fingerprint density at radius 1 is 1.19 bits per heavy atom. The standard InChI is InChI=1S/C20H15ClFN4O/c1-27-20-13(7-15(22)11-26-20)8-16-3-2-12(9-24-16)6-14-10-25-19-18(14)17(21)4-5-23-19/h2-5,7-11H,6H2,1H3,(H,23,25). The lowest BCUT2D eigenvalue weighted by molar-refractivity contribution is 0.393. The highest BCUT2D eigenvalue weighted by Crippen LogP contribution is 2.27. The Labute approximate surface area is 160 Å². The van der Waals surface area contributed by atoms with Crippen LogP contribution in [0.25, 0.3) is 11.0 Å². The van der Waals surface area contributed by atoms with Crippen molar-refractivity contribution in [2.24, 2.45) is 0 Å². The number of halogens is 2. The highest BCUT2D eigenvalue weighted by Gasteiger charge is 2.11. The maximum Gasteiger partial charge on any atom is 0.217 e. The minimum Gasteiger partial charge on any atom is -0.481 e. The minimum absolute atomic E-state index is 0.350. The Bertz CT molecular complexity index is 1100. The fourth-order valence-corrected chi connectivity index (χ4v) is 3.21. The summed E-state index contributed by atoms with van der Waals surface area (Å²) in [7, 11) is 1.50. The topological polar surface area (TPSA) is 63.7 Å². The van der Waals surface area contributed by atoms with Gasteiger partial charge in [0, 0.05) is 48.1 Å². The molecule has 135 valence electrons. The van der Waals surface area contributed by atoms with E-state index in [1.165, 1.54) is 13.2 Å². The van der Waals surface area contributed by atoms with Crippen molar-refractivity contribution < 1.29 is 9.13 Å². The van der Waals surface area contributed by atoms with Crippen molar-refractivity contribution in [2.75, 3.05) is 7.11 Å². The van der Waals surface area contributed by atoms with Crippen LogP contribution in [0.4, 0.5) is 4.39 Å². The lowest BCUT2D eigenvalue weighted by atomic mass is 10.1. The summed E-state index contributed by atoms with van der Waals surface area (Å²) in [6.07, 6.45) is 8.89. The third-order valence-electron chi connectivity index (χ3n) is 4.19. The molecule has 1 radical (unpaired) electrons. The summed E-state index contributed by atoms with van der Waals surface area (Å²) < 4.78 is 18.6. The molecule has 0 fully saturated rings. The van der Waals surface area contributed by atoms with Gasteiger partial charge in [-0.1, -0.05) is 17.7 Å². The summed E-state index contributed by atoms with van der Waals surface area (Å²) in [5.41, 5.74) is 4.06. The second-order valence-electron chi connectivity index (χ2n) is 5.99. The number of rotatable bonds is 5. The van der Waals surface area contributed by atoms with E-state index in [-0.39, 0.29) is 0 Å². The van der Waals surface area contributed by atoms with Crippen LogP contribution in [-0.2, 0) is 6.42 Å². The number of aromatic nitrogens is 4. The van der Waals surface area contributed by atoms with Crippen LogP contribution in [0.5, 0.6) is 5.88 Å². The van der Waals surface area contributed by atoms with E-state index in [1.54, 1.807) is 24.9 Å². The highest BCUT2D eigenvalue weighted by atomic mass is 35.5. The second kappa shape index (κ2) is 7.32. The van der Waals surface area contributed by atoms with E-state index in [1.807, 2.05) is 18.3 Å². The van der Waals surface area contributed by atoms with Crippen molar-refractivity contribution in [3.8, 4) is 5.88 Å². The molecule has 0 unspecified atom stereocenters. The van der Waals surface area contributed by atoms with Gasteiger partial charge in [-0.15, -0.1) is 0 Å². The van der Waals surface area contributed by atoms with E-state index in [9.17, 15) is 4.39 Å². The van der Waals surface area contributed by atoms with Crippen LogP contribution in [0.3, 0.4) is 0 Å². The molecule has 0 amide bonds. The van der Waals surface area contributed by atoms with Gasteiger partial charge in [0.15, 0.2) is 0 Å². The quantitative estimate of drug-likeness (QED) is 0.558. The second-order valence-corrected chi connectivity index (χ2v) is 6.40. The van der Waals surface area contributed by atoms with Crippen molar-refractivity contribution in [3.63, 3.8) is 0 Å². The van der Waals surface area contributed by atoms with Crippen molar-refractivity contribution in [1.82, 2.24) is 19.9 Å². The monoisotopic (exact) mass is 381 g/mol. The molecule has 0 aliphatic rings. The Morgan fingerprint density at radius 2 is 2.07 bits per heavy atom. The molecule has 4 aromatic heterocycles. The zero-order valence-electron chi connectivity index (χ0n) is 14.4. The van der Waals surface area contributed by atoms with Gasteiger partial charge in [-0.25, -0.2) is 14.4 Å². The van der Waals surface area contributed by atoms with Crippen LogP contribution >= 0.6 is 11.6 Å². The first-order chi connectivity index (χ1) is 13.1. The number of pyridine rings is 3. The molecule has 0 saturated carbocycles.